The Bertz CT molecular complexity index is 561. The van der Waals surface area contributed by atoms with Crippen LogP contribution in [0, 0.1) is 23.7 Å². The van der Waals surface area contributed by atoms with Gasteiger partial charge in [0.1, 0.15) is 19.0 Å². The number of carbonyl (C=O) groups excluding carboxylic acids is 1. The molecule has 1 N–H and O–H groups in total. The Morgan fingerprint density at radius 3 is 2.75 bits per heavy atom. The number of amides is 1. The molecule has 4 rings (SSSR count). The Labute approximate surface area is 143 Å². The van der Waals surface area contributed by atoms with Crippen molar-refractivity contribution in [1.29, 1.82) is 0 Å². The average Bonchev–Trinajstić information content (AvgIpc) is 3.28. The number of para-hydroxylation sites is 1. The first-order chi connectivity index (χ1) is 11.8. The van der Waals surface area contributed by atoms with E-state index in [0.29, 0.717) is 19.3 Å². The molecule has 2 bridgehead atoms. The van der Waals surface area contributed by atoms with E-state index in [1.807, 2.05) is 30.3 Å². The smallest absolute Gasteiger partial charge is 0.246 e. The van der Waals surface area contributed by atoms with Crippen LogP contribution in [0.3, 0.4) is 0 Å². The Balaban J connectivity index is 1.13. The molecule has 1 aromatic carbocycles. The van der Waals surface area contributed by atoms with Crippen molar-refractivity contribution in [3.8, 4) is 5.75 Å². The second-order valence-corrected chi connectivity index (χ2v) is 7.54. The van der Waals surface area contributed by atoms with Gasteiger partial charge in [0.2, 0.25) is 5.91 Å². The van der Waals surface area contributed by atoms with E-state index in [2.05, 4.69) is 5.32 Å². The zero-order valence-corrected chi connectivity index (χ0v) is 14.2. The van der Waals surface area contributed by atoms with E-state index in [1.165, 1.54) is 32.1 Å². The predicted octanol–water partition coefficient (Wildman–Crippen LogP) is 3.02. The maximum Gasteiger partial charge on any atom is 0.246 e. The van der Waals surface area contributed by atoms with Crippen LogP contribution in [0.15, 0.2) is 30.3 Å². The van der Waals surface area contributed by atoms with Gasteiger partial charge in [-0.05, 0) is 61.5 Å². The first kappa shape index (κ1) is 15.9. The highest BCUT2D eigenvalue weighted by Crippen LogP contribution is 2.58. The summed E-state index contributed by atoms with van der Waals surface area (Å²) in [6.07, 6.45) is 6.73. The lowest BCUT2D eigenvalue weighted by Crippen LogP contribution is -2.43. The van der Waals surface area contributed by atoms with Crippen molar-refractivity contribution in [2.75, 3.05) is 19.8 Å². The van der Waals surface area contributed by atoms with Crippen LogP contribution in [0.2, 0.25) is 0 Å². The fourth-order valence-electron chi connectivity index (χ4n) is 5.38. The molecule has 3 aliphatic carbocycles. The van der Waals surface area contributed by atoms with Crippen molar-refractivity contribution in [2.45, 2.75) is 38.1 Å². The van der Waals surface area contributed by atoms with Crippen LogP contribution in [-0.4, -0.2) is 31.8 Å². The van der Waals surface area contributed by atoms with Crippen molar-refractivity contribution in [3.05, 3.63) is 30.3 Å². The summed E-state index contributed by atoms with van der Waals surface area (Å²) in [5.41, 5.74) is 0. The summed E-state index contributed by atoms with van der Waals surface area (Å²) in [5.74, 6) is 4.31. The lowest BCUT2D eigenvalue weighted by molar-refractivity contribution is -0.127. The Morgan fingerprint density at radius 2 is 1.88 bits per heavy atom. The molecule has 0 aromatic heterocycles. The molecule has 0 heterocycles. The Kier molecular flexibility index (Phi) is 4.74. The summed E-state index contributed by atoms with van der Waals surface area (Å²) in [5, 5.41) is 3.23. The van der Waals surface area contributed by atoms with E-state index in [-0.39, 0.29) is 12.5 Å². The normalized spacial score (nSPS) is 33.4. The maximum absolute atomic E-state index is 12.1. The van der Waals surface area contributed by atoms with Gasteiger partial charge in [0.05, 0.1) is 6.61 Å². The van der Waals surface area contributed by atoms with Crippen LogP contribution in [-0.2, 0) is 9.53 Å². The highest BCUT2D eigenvalue weighted by atomic mass is 16.5. The zero-order chi connectivity index (χ0) is 16.4. The SMILES string of the molecule is O=C(COCCOc1ccccc1)NC1CC2CC1C1CCCC21. The Hall–Kier alpha value is -1.55. The van der Waals surface area contributed by atoms with E-state index >= 15 is 0 Å². The molecular weight excluding hydrogens is 302 g/mol. The number of hydrogen-bond donors (Lipinski definition) is 1. The lowest BCUT2D eigenvalue weighted by atomic mass is 9.79. The number of nitrogens with one attached hydrogen (secondary N) is 1. The van der Waals surface area contributed by atoms with Gasteiger partial charge in [-0.15, -0.1) is 0 Å². The second kappa shape index (κ2) is 7.14. The summed E-state index contributed by atoms with van der Waals surface area (Å²) in [6.45, 7) is 1.04. The number of rotatable bonds is 7. The molecule has 3 fully saturated rings. The lowest BCUT2D eigenvalue weighted by Gasteiger charge is -2.32. The standard InChI is InChI=1S/C20H27NO3/c22-20(13-23-9-10-24-15-5-2-1-3-6-15)21-19-12-14-11-18(19)17-8-4-7-16(14)17/h1-3,5-6,14,16-19H,4,7-13H2,(H,21,22). The molecule has 3 aliphatic rings. The molecule has 1 amide bonds. The van der Waals surface area contributed by atoms with Gasteiger partial charge in [0.15, 0.2) is 0 Å². The van der Waals surface area contributed by atoms with Crippen molar-refractivity contribution in [2.24, 2.45) is 23.7 Å². The number of benzene rings is 1. The summed E-state index contributed by atoms with van der Waals surface area (Å²) >= 11 is 0. The van der Waals surface area contributed by atoms with Crippen molar-refractivity contribution >= 4 is 5.91 Å². The largest absolute Gasteiger partial charge is 0.491 e. The Morgan fingerprint density at radius 1 is 1.04 bits per heavy atom. The van der Waals surface area contributed by atoms with Gasteiger partial charge >= 0.3 is 0 Å². The van der Waals surface area contributed by atoms with Crippen LogP contribution in [0.4, 0.5) is 0 Å². The second-order valence-electron chi connectivity index (χ2n) is 7.54. The van der Waals surface area contributed by atoms with E-state index in [4.69, 9.17) is 9.47 Å². The van der Waals surface area contributed by atoms with Gasteiger partial charge in [-0.2, -0.15) is 0 Å². The van der Waals surface area contributed by atoms with Gasteiger partial charge < -0.3 is 14.8 Å². The van der Waals surface area contributed by atoms with Crippen LogP contribution in [0.1, 0.15) is 32.1 Å². The molecule has 5 atom stereocenters. The molecule has 5 unspecified atom stereocenters. The van der Waals surface area contributed by atoms with Crippen LogP contribution >= 0.6 is 0 Å². The monoisotopic (exact) mass is 329 g/mol. The molecular formula is C20H27NO3. The first-order valence-electron chi connectivity index (χ1n) is 9.36. The minimum Gasteiger partial charge on any atom is -0.491 e. The number of hydrogen-bond acceptors (Lipinski definition) is 3. The highest BCUT2D eigenvalue weighted by Gasteiger charge is 2.53. The first-order valence-corrected chi connectivity index (χ1v) is 9.36. The summed E-state index contributed by atoms with van der Waals surface area (Å²) in [7, 11) is 0. The van der Waals surface area contributed by atoms with E-state index in [1.54, 1.807) is 0 Å². The van der Waals surface area contributed by atoms with Gasteiger partial charge in [-0.25, -0.2) is 0 Å². The number of carbonyl (C=O) groups is 1. The predicted molar refractivity (Wildman–Crippen MR) is 91.7 cm³/mol. The zero-order valence-electron chi connectivity index (χ0n) is 14.2. The molecule has 0 aliphatic heterocycles. The van der Waals surface area contributed by atoms with E-state index in [9.17, 15) is 4.79 Å². The van der Waals surface area contributed by atoms with Crippen LogP contribution < -0.4 is 10.1 Å². The molecule has 24 heavy (non-hydrogen) atoms. The summed E-state index contributed by atoms with van der Waals surface area (Å²) < 4.78 is 11.0. The van der Waals surface area contributed by atoms with Crippen LogP contribution in [0.25, 0.3) is 0 Å². The molecule has 1 aromatic rings. The molecule has 4 heteroatoms. The van der Waals surface area contributed by atoms with E-state index < -0.39 is 0 Å². The fraction of sp³-hybridized carbons (Fsp3) is 0.650. The minimum absolute atomic E-state index is 0.0295. The van der Waals surface area contributed by atoms with Crippen molar-refractivity contribution in [1.82, 2.24) is 5.32 Å². The topological polar surface area (TPSA) is 47.6 Å². The molecule has 3 saturated carbocycles. The highest BCUT2D eigenvalue weighted by molar-refractivity contribution is 5.77. The minimum atomic E-state index is 0.0295. The molecule has 4 nitrogen and oxygen atoms in total. The van der Waals surface area contributed by atoms with Gasteiger partial charge in [-0.3, -0.25) is 4.79 Å². The van der Waals surface area contributed by atoms with Crippen LogP contribution in [0.5, 0.6) is 5.75 Å². The number of fused-ring (bicyclic) bond motifs is 5. The van der Waals surface area contributed by atoms with Crippen molar-refractivity contribution in [3.63, 3.8) is 0 Å². The summed E-state index contributed by atoms with van der Waals surface area (Å²) in [6, 6.07) is 10.1. The summed E-state index contributed by atoms with van der Waals surface area (Å²) in [4.78, 5) is 12.1. The number of ether oxygens (including phenoxy) is 2. The molecule has 0 saturated heterocycles. The van der Waals surface area contributed by atoms with Gasteiger partial charge in [0.25, 0.3) is 0 Å². The molecule has 130 valence electrons. The molecule has 0 spiro atoms. The average molecular weight is 329 g/mol. The fourth-order valence-corrected chi connectivity index (χ4v) is 5.38. The third-order valence-electron chi connectivity index (χ3n) is 6.25. The van der Waals surface area contributed by atoms with Gasteiger partial charge in [0, 0.05) is 6.04 Å². The third-order valence-corrected chi connectivity index (χ3v) is 6.25. The van der Waals surface area contributed by atoms with Gasteiger partial charge in [-0.1, -0.05) is 24.6 Å². The quantitative estimate of drug-likeness (QED) is 0.782. The van der Waals surface area contributed by atoms with Crippen molar-refractivity contribution < 1.29 is 14.3 Å². The third kappa shape index (κ3) is 3.30. The van der Waals surface area contributed by atoms with E-state index in [0.717, 1.165) is 29.4 Å². The maximum atomic E-state index is 12.1. The molecule has 0 radical (unpaired) electrons.